The molecule has 5 heteroatoms. The molecule has 1 atom stereocenters. The molecule has 12 heavy (non-hydrogen) atoms. The van der Waals surface area contributed by atoms with E-state index in [-0.39, 0.29) is 6.61 Å². The topological polar surface area (TPSA) is 44.6 Å². The Morgan fingerprint density at radius 1 is 1.83 bits per heavy atom. The summed E-state index contributed by atoms with van der Waals surface area (Å²) in [6.07, 6.45) is 1.45. The van der Waals surface area contributed by atoms with Crippen LogP contribution in [0.4, 0.5) is 4.39 Å². The Morgan fingerprint density at radius 3 is 2.92 bits per heavy atom. The molecule has 66 valence electrons. The summed E-state index contributed by atoms with van der Waals surface area (Å²) < 4.78 is 12.0. The first kappa shape index (κ1) is 11.2. The highest BCUT2D eigenvalue weighted by atomic mass is 19.1. The van der Waals surface area contributed by atoms with Gasteiger partial charge >= 0.3 is 0 Å². The average molecular weight is 170 g/mol. The molecule has 0 spiro atoms. The Hall–Kier alpha value is -0.835. The Balaban J connectivity index is 3.94. The molecule has 2 N–H and O–H groups in total. The van der Waals surface area contributed by atoms with Crippen molar-refractivity contribution in [3.63, 3.8) is 0 Å². The van der Waals surface area contributed by atoms with Crippen LogP contribution in [0.3, 0.4) is 0 Å². The zero-order valence-corrected chi connectivity index (χ0v) is 6.83. The van der Waals surface area contributed by atoms with Gasteiger partial charge < -0.3 is 10.4 Å². The van der Waals surface area contributed by atoms with E-state index in [0.717, 1.165) is 0 Å². The molecule has 0 aromatic heterocycles. The van der Waals surface area contributed by atoms with E-state index in [1.807, 2.05) is 0 Å². The van der Waals surface area contributed by atoms with E-state index in [4.69, 9.17) is 13.0 Å². The van der Waals surface area contributed by atoms with Crippen molar-refractivity contribution in [2.75, 3.05) is 19.8 Å². The van der Waals surface area contributed by atoms with Crippen LogP contribution in [0.25, 0.3) is 0 Å². The van der Waals surface area contributed by atoms with Crippen molar-refractivity contribution in [3.8, 4) is 0 Å². The van der Waals surface area contributed by atoms with Crippen molar-refractivity contribution in [1.29, 1.82) is 0 Å². The second kappa shape index (κ2) is 6.85. The lowest BCUT2D eigenvalue weighted by Gasteiger charge is -2.07. The van der Waals surface area contributed by atoms with Crippen LogP contribution in [0.2, 0.25) is 5.82 Å². The SMILES string of the molecule is [B]C(CF)/C(=C/NCCO)N=C. The zero-order valence-electron chi connectivity index (χ0n) is 6.83. The first-order valence-corrected chi connectivity index (χ1v) is 3.58. The Bertz CT molecular complexity index is 163. The average Bonchev–Trinajstić information content (AvgIpc) is 2.11. The fourth-order valence-electron chi connectivity index (χ4n) is 0.590. The Morgan fingerprint density at radius 2 is 2.50 bits per heavy atom. The number of aliphatic hydroxyl groups excluding tert-OH is 1. The number of rotatable bonds is 6. The highest BCUT2D eigenvalue weighted by Gasteiger charge is 2.04. The van der Waals surface area contributed by atoms with Crippen molar-refractivity contribution in [2.45, 2.75) is 5.82 Å². The van der Waals surface area contributed by atoms with Crippen molar-refractivity contribution in [2.24, 2.45) is 4.99 Å². The van der Waals surface area contributed by atoms with Crippen molar-refractivity contribution in [3.05, 3.63) is 11.9 Å². The van der Waals surface area contributed by atoms with Crippen molar-refractivity contribution in [1.82, 2.24) is 5.32 Å². The molecular formula is C7H12BFN2O. The van der Waals surface area contributed by atoms with Crippen LogP contribution in [-0.4, -0.2) is 39.5 Å². The Labute approximate surface area is 72.8 Å². The van der Waals surface area contributed by atoms with Gasteiger partial charge in [0, 0.05) is 12.7 Å². The summed E-state index contributed by atoms with van der Waals surface area (Å²) in [7, 11) is 5.33. The molecule has 0 aliphatic rings. The second-order valence-electron chi connectivity index (χ2n) is 2.17. The standard InChI is InChI=1S/C7H12BFN2O/c1-10-7(6(8)4-9)5-11-2-3-12/h5-6,11-12H,1-4H2/b7-5-. The summed E-state index contributed by atoms with van der Waals surface area (Å²) in [6, 6.07) is 0. The normalized spacial score (nSPS) is 14.0. The number of aliphatic hydroxyl groups is 1. The van der Waals surface area contributed by atoms with Gasteiger partial charge in [0.15, 0.2) is 0 Å². The van der Waals surface area contributed by atoms with E-state index in [0.29, 0.717) is 12.2 Å². The minimum Gasteiger partial charge on any atom is -0.395 e. The van der Waals surface area contributed by atoms with Crippen molar-refractivity contribution >= 4 is 14.6 Å². The summed E-state index contributed by atoms with van der Waals surface area (Å²) >= 11 is 0. The third-order valence-corrected chi connectivity index (χ3v) is 1.23. The summed E-state index contributed by atoms with van der Waals surface area (Å²) in [4.78, 5) is 3.53. The molecule has 0 amide bonds. The van der Waals surface area contributed by atoms with Crippen LogP contribution >= 0.6 is 0 Å². The summed E-state index contributed by atoms with van der Waals surface area (Å²) in [5.41, 5.74) is 0.353. The van der Waals surface area contributed by atoms with Gasteiger partial charge in [0.25, 0.3) is 0 Å². The van der Waals surface area contributed by atoms with Crippen LogP contribution in [-0.2, 0) is 0 Å². The molecule has 3 nitrogen and oxygen atoms in total. The van der Waals surface area contributed by atoms with E-state index in [1.165, 1.54) is 6.20 Å². The third kappa shape index (κ3) is 4.13. The molecule has 2 radical (unpaired) electrons. The molecule has 0 rings (SSSR count). The zero-order chi connectivity index (χ0) is 9.40. The lowest BCUT2D eigenvalue weighted by molar-refractivity contribution is 0.298. The summed E-state index contributed by atoms with van der Waals surface area (Å²) in [6.45, 7) is 2.96. The first-order valence-electron chi connectivity index (χ1n) is 3.58. The molecule has 0 aliphatic heterocycles. The van der Waals surface area contributed by atoms with Gasteiger partial charge in [-0.05, 0) is 12.5 Å². The smallest absolute Gasteiger partial charge is 0.0899 e. The van der Waals surface area contributed by atoms with Gasteiger partial charge in [0.05, 0.1) is 26.8 Å². The van der Waals surface area contributed by atoms with E-state index < -0.39 is 12.5 Å². The lowest BCUT2D eigenvalue weighted by Crippen LogP contribution is -2.13. The quantitative estimate of drug-likeness (QED) is 0.335. The van der Waals surface area contributed by atoms with E-state index in [1.54, 1.807) is 0 Å². The second-order valence-corrected chi connectivity index (χ2v) is 2.17. The maximum atomic E-state index is 12.0. The number of nitrogens with one attached hydrogen (secondary N) is 1. The van der Waals surface area contributed by atoms with Crippen LogP contribution in [0, 0.1) is 0 Å². The van der Waals surface area contributed by atoms with E-state index in [2.05, 4.69) is 17.0 Å². The summed E-state index contributed by atoms with van der Waals surface area (Å²) in [5, 5.41) is 11.1. The Kier molecular flexibility index (Phi) is 6.37. The lowest BCUT2D eigenvalue weighted by atomic mass is 9.86. The van der Waals surface area contributed by atoms with Gasteiger partial charge in [0.1, 0.15) is 0 Å². The van der Waals surface area contributed by atoms with Gasteiger partial charge in [-0.3, -0.25) is 9.38 Å². The number of aliphatic imine (C=N–C) groups is 1. The molecule has 0 heterocycles. The molecule has 0 bridgehead atoms. The number of nitrogens with zero attached hydrogens (tertiary/aromatic N) is 1. The molecule has 0 aromatic carbocycles. The molecule has 0 saturated carbocycles. The molecular weight excluding hydrogens is 158 g/mol. The largest absolute Gasteiger partial charge is 0.395 e. The maximum Gasteiger partial charge on any atom is 0.0899 e. The van der Waals surface area contributed by atoms with Gasteiger partial charge in [0.2, 0.25) is 0 Å². The minimum absolute atomic E-state index is 0.00574. The van der Waals surface area contributed by atoms with Crippen molar-refractivity contribution < 1.29 is 9.50 Å². The molecule has 0 aliphatic carbocycles. The first-order chi connectivity index (χ1) is 5.76. The number of halogens is 1. The number of allylic oxidation sites excluding steroid dienone is 1. The van der Waals surface area contributed by atoms with E-state index in [9.17, 15) is 4.39 Å². The maximum absolute atomic E-state index is 12.0. The van der Waals surface area contributed by atoms with Gasteiger partial charge in [-0.2, -0.15) is 0 Å². The summed E-state index contributed by atoms with van der Waals surface area (Å²) in [5.74, 6) is -0.742. The van der Waals surface area contributed by atoms with Crippen LogP contribution in [0.15, 0.2) is 16.9 Å². The molecule has 0 saturated heterocycles. The predicted octanol–water partition coefficient (Wildman–Crippen LogP) is 0.0368. The number of alkyl halides is 1. The molecule has 0 aromatic rings. The van der Waals surface area contributed by atoms with E-state index >= 15 is 0 Å². The monoisotopic (exact) mass is 170 g/mol. The van der Waals surface area contributed by atoms with Crippen LogP contribution in [0.1, 0.15) is 0 Å². The number of hydrogen-bond acceptors (Lipinski definition) is 3. The van der Waals surface area contributed by atoms with Gasteiger partial charge in [-0.15, -0.1) is 0 Å². The third-order valence-electron chi connectivity index (χ3n) is 1.23. The predicted molar refractivity (Wildman–Crippen MR) is 48.2 cm³/mol. The fourth-order valence-corrected chi connectivity index (χ4v) is 0.590. The highest BCUT2D eigenvalue weighted by Crippen LogP contribution is 2.13. The van der Waals surface area contributed by atoms with Crippen LogP contribution in [0.5, 0.6) is 0 Å². The highest BCUT2D eigenvalue weighted by molar-refractivity contribution is 6.13. The fraction of sp³-hybridized carbons (Fsp3) is 0.571. The van der Waals surface area contributed by atoms with Gasteiger partial charge in [-0.25, -0.2) is 0 Å². The molecule has 0 fully saturated rings. The molecule has 1 unspecified atom stereocenters. The van der Waals surface area contributed by atoms with Gasteiger partial charge in [-0.1, -0.05) is 0 Å². The number of hydrogen-bond donors (Lipinski definition) is 2. The van der Waals surface area contributed by atoms with Crippen LogP contribution < -0.4 is 5.32 Å². The minimum atomic E-state index is -0.742.